The Labute approximate surface area is 82.2 Å². The van der Waals surface area contributed by atoms with E-state index in [1.54, 1.807) is 0 Å². The van der Waals surface area contributed by atoms with Crippen molar-refractivity contribution in [1.82, 2.24) is 0 Å². The summed E-state index contributed by atoms with van der Waals surface area (Å²) >= 11 is 0.218. The summed E-state index contributed by atoms with van der Waals surface area (Å²) in [6, 6.07) is 0. The van der Waals surface area contributed by atoms with Gasteiger partial charge < -0.3 is 10.2 Å². The Bertz CT molecular complexity index is 121. The minimum absolute atomic E-state index is 0.218. The monoisotopic (exact) mass is 282 g/mol. The molecule has 0 aromatic carbocycles. The van der Waals surface area contributed by atoms with Crippen molar-refractivity contribution in [3.63, 3.8) is 0 Å². The van der Waals surface area contributed by atoms with Crippen LogP contribution in [0.2, 0.25) is 8.87 Å². The molecule has 0 fully saturated rings. The first-order valence-electron chi connectivity index (χ1n) is 3.68. The second-order valence-corrected chi connectivity index (χ2v) is 7.38. The van der Waals surface area contributed by atoms with Gasteiger partial charge in [-0.3, -0.25) is 9.59 Å². The van der Waals surface area contributed by atoms with Gasteiger partial charge in [0.2, 0.25) is 0 Å². The van der Waals surface area contributed by atoms with Gasteiger partial charge in [-0.25, -0.2) is 0 Å². The van der Waals surface area contributed by atoms with Crippen molar-refractivity contribution in [3.8, 4) is 0 Å². The molecule has 0 rings (SSSR count). The molecular weight excluding hydrogens is 267 g/mol. The SMILES string of the molecule is C[CH2][Sn][CH2]C.O=C(O)CC(=O)O. The minimum atomic E-state index is -1.31. The number of rotatable bonds is 4. The summed E-state index contributed by atoms with van der Waals surface area (Å²) in [6.45, 7) is 4.57. The Hall–Kier alpha value is -0.261. The van der Waals surface area contributed by atoms with Crippen LogP contribution in [0.5, 0.6) is 0 Å². The van der Waals surface area contributed by atoms with Crippen LogP contribution in [0.1, 0.15) is 20.3 Å². The summed E-state index contributed by atoms with van der Waals surface area (Å²) < 4.78 is 3.03. The van der Waals surface area contributed by atoms with Gasteiger partial charge in [0.05, 0.1) is 0 Å². The molecular formula is C7H14O4Sn. The Morgan fingerprint density at radius 3 is 1.42 bits per heavy atom. The third-order valence-electron chi connectivity index (χ3n) is 0.802. The quantitative estimate of drug-likeness (QED) is 0.598. The second kappa shape index (κ2) is 10.7. The van der Waals surface area contributed by atoms with Crippen molar-refractivity contribution in [2.75, 3.05) is 0 Å². The molecule has 0 bridgehead atoms. The molecule has 0 aliphatic carbocycles. The summed E-state index contributed by atoms with van der Waals surface area (Å²) in [4.78, 5) is 18.9. The van der Waals surface area contributed by atoms with E-state index in [0.29, 0.717) is 0 Å². The molecule has 5 heteroatoms. The number of carboxylic acid groups (broad SMARTS) is 2. The van der Waals surface area contributed by atoms with E-state index in [1.165, 1.54) is 8.87 Å². The molecule has 0 aliphatic rings. The molecule has 0 aliphatic heterocycles. The normalized spacial score (nSPS) is 8.17. The largest absolute Gasteiger partial charge is 0.481 e. The second-order valence-electron chi connectivity index (χ2n) is 1.92. The summed E-state index contributed by atoms with van der Waals surface area (Å²) in [6.07, 6.45) is -0.806. The standard InChI is InChI=1S/C3H4O4.2C2H5.Sn/c4-2(5)1-3(6)7;2*1-2;/h1H2,(H,4,5)(H,6,7);2*1H2,2H3;. The summed E-state index contributed by atoms with van der Waals surface area (Å²) in [5.41, 5.74) is 0. The number of hydrogen-bond donors (Lipinski definition) is 2. The van der Waals surface area contributed by atoms with Crippen molar-refractivity contribution in [2.24, 2.45) is 0 Å². The van der Waals surface area contributed by atoms with E-state index in [0.717, 1.165) is 0 Å². The van der Waals surface area contributed by atoms with Crippen molar-refractivity contribution in [2.45, 2.75) is 29.1 Å². The van der Waals surface area contributed by atoms with Crippen LogP contribution in [0.15, 0.2) is 0 Å². The van der Waals surface area contributed by atoms with Crippen molar-refractivity contribution in [3.05, 3.63) is 0 Å². The molecule has 12 heavy (non-hydrogen) atoms. The van der Waals surface area contributed by atoms with E-state index in [1.807, 2.05) is 0 Å². The molecule has 0 amide bonds. The van der Waals surface area contributed by atoms with Gasteiger partial charge >= 0.3 is 55.8 Å². The fraction of sp³-hybridized carbons (Fsp3) is 0.714. The van der Waals surface area contributed by atoms with Crippen LogP contribution in [0.25, 0.3) is 0 Å². The van der Waals surface area contributed by atoms with E-state index in [9.17, 15) is 9.59 Å². The van der Waals surface area contributed by atoms with Crippen molar-refractivity contribution < 1.29 is 19.8 Å². The van der Waals surface area contributed by atoms with Crippen molar-refractivity contribution in [1.29, 1.82) is 0 Å². The molecule has 0 aromatic heterocycles. The Morgan fingerprint density at radius 2 is 1.42 bits per heavy atom. The van der Waals surface area contributed by atoms with Gasteiger partial charge in [0.15, 0.2) is 0 Å². The van der Waals surface area contributed by atoms with Gasteiger partial charge in [-0.05, 0) is 0 Å². The average molecular weight is 281 g/mol. The first-order chi connectivity index (χ1) is 5.54. The molecule has 0 aromatic rings. The fourth-order valence-electron chi connectivity index (χ4n) is 0.379. The zero-order valence-electron chi connectivity index (χ0n) is 7.33. The van der Waals surface area contributed by atoms with Gasteiger partial charge in [-0.1, -0.05) is 0 Å². The van der Waals surface area contributed by atoms with Gasteiger partial charge in [0.25, 0.3) is 0 Å². The van der Waals surface area contributed by atoms with Crippen LogP contribution in [-0.4, -0.2) is 43.3 Å². The molecule has 0 atom stereocenters. The van der Waals surface area contributed by atoms with Crippen LogP contribution in [0, 0.1) is 0 Å². The molecule has 70 valence electrons. The van der Waals surface area contributed by atoms with Crippen LogP contribution in [0.4, 0.5) is 0 Å². The smallest absolute Gasteiger partial charge is 0.314 e. The molecule has 0 unspecified atom stereocenters. The third-order valence-corrected chi connectivity index (χ3v) is 3.66. The Kier molecular flexibility index (Phi) is 12.8. The van der Waals surface area contributed by atoms with Crippen LogP contribution in [0.3, 0.4) is 0 Å². The zero-order chi connectivity index (χ0) is 9.98. The predicted octanol–water partition coefficient (Wildman–Crippen LogP) is 1.11. The van der Waals surface area contributed by atoms with Crippen LogP contribution < -0.4 is 0 Å². The van der Waals surface area contributed by atoms with Gasteiger partial charge in [0, 0.05) is 0 Å². The number of hydrogen-bond acceptors (Lipinski definition) is 2. The van der Waals surface area contributed by atoms with Crippen molar-refractivity contribution >= 4 is 33.1 Å². The Morgan fingerprint density at radius 1 is 1.08 bits per heavy atom. The van der Waals surface area contributed by atoms with Gasteiger partial charge in [0.1, 0.15) is 6.42 Å². The molecule has 2 radical (unpaired) electrons. The van der Waals surface area contributed by atoms with E-state index in [2.05, 4.69) is 13.8 Å². The third kappa shape index (κ3) is 22.6. The number of aliphatic carboxylic acids is 2. The predicted molar refractivity (Wildman–Crippen MR) is 46.6 cm³/mol. The van der Waals surface area contributed by atoms with Gasteiger partial charge in [-0.2, -0.15) is 0 Å². The molecule has 0 spiro atoms. The fourth-order valence-corrected chi connectivity index (χ4v) is 1.81. The van der Waals surface area contributed by atoms with Crippen LogP contribution in [-0.2, 0) is 9.59 Å². The first kappa shape index (κ1) is 14.3. The zero-order valence-corrected chi connectivity index (χ0v) is 10.2. The molecule has 2 N–H and O–H groups in total. The van der Waals surface area contributed by atoms with E-state index in [-0.39, 0.29) is 21.1 Å². The summed E-state index contributed by atoms with van der Waals surface area (Å²) in [7, 11) is 0. The van der Waals surface area contributed by atoms with Crippen LogP contribution >= 0.6 is 0 Å². The van der Waals surface area contributed by atoms with E-state index >= 15 is 0 Å². The van der Waals surface area contributed by atoms with Gasteiger partial charge in [-0.15, -0.1) is 0 Å². The summed E-state index contributed by atoms with van der Waals surface area (Å²) in [5.74, 6) is -2.62. The maximum atomic E-state index is 9.43. The topological polar surface area (TPSA) is 74.6 Å². The average Bonchev–Trinajstić information content (AvgIpc) is 1.87. The maximum Gasteiger partial charge on any atom is 0.314 e. The number of carbonyl (C=O) groups is 2. The minimum Gasteiger partial charge on any atom is -0.481 e. The first-order valence-corrected chi connectivity index (χ1v) is 7.72. The maximum absolute atomic E-state index is 9.43. The summed E-state index contributed by atoms with van der Waals surface area (Å²) in [5, 5.41) is 15.4. The molecule has 0 heterocycles. The molecule has 0 saturated carbocycles. The van der Waals surface area contributed by atoms with E-state index < -0.39 is 18.4 Å². The number of carboxylic acids is 2. The molecule has 4 nitrogen and oxygen atoms in total. The molecule has 0 saturated heterocycles. The van der Waals surface area contributed by atoms with E-state index in [4.69, 9.17) is 10.2 Å². The Balaban J connectivity index is 0.